The lowest BCUT2D eigenvalue weighted by Crippen LogP contribution is -2.51. The third-order valence-electron chi connectivity index (χ3n) is 4.77. The maximum atomic E-state index is 12.4. The quantitative estimate of drug-likeness (QED) is 0.801. The lowest BCUT2D eigenvalue weighted by molar-refractivity contribution is -0.154. The average Bonchev–Trinajstić information content (AvgIpc) is 2.49. The van der Waals surface area contributed by atoms with Crippen LogP contribution in [0.1, 0.15) is 25.3 Å². The van der Waals surface area contributed by atoms with Crippen molar-refractivity contribution in [3.05, 3.63) is 35.9 Å². The van der Waals surface area contributed by atoms with Crippen LogP contribution in [0.3, 0.4) is 0 Å². The molecule has 1 aromatic rings. The number of Topliss-reactive ketones (excluding diaryl/α,β-unsaturated/α-hetero) is 1. The molecular formula is C18H23NO3. The highest BCUT2D eigenvalue weighted by Gasteiger charge is 2.44. The molecule has 1 aromatic carbocycles. The van der Waals surface area contributed by atoms with Gasteiger partial charge in [-0.2, -0.15) is 0 Å². The van der Waals surface area contributed by atoms with Crippen LogP contribution in [0.5, 0.6) is 0 Å². The monoisotopic (exact) mass is 301 g/mol. The predicted molar refractivity (Wildman–Crippen MR) is 83.1 cm³/mol. The first-order valence-electron chi connectivity index (χ1n) is 8.14. The van der Waals surface area contributed by atoms with Crippen LogP contribution in [-0.2, 0) is 20.9 Å². The number of rotatable bonds is 4. The third kappa shape index (κ3) is 3.22. The van der Waals surface area contributed by atoms with Gasteiger partial charge in [0, 0.05) is 31.5 Å². The van der Waals surface area contributed by atoms with Crippen LogP contribution < -0.4 is 0 Å². The molecule has 1 saturated heterocycles. The van der Waals surface area contributed by atoms with Crippen molar-refractivity contribution >= 4 is 11.8 Å². The van der Waals surface area contributed by atoms with Gasteiger partial charge in [0.15, 0.2) is 0 Å². The van der Waals surface area contributed by atoms with Crippen molar-refractivity contribution in [3.63, 3.8) is 0 Å². The zero-order chi connectivity index (χ0) is 15.5. The van der Waals surface area contributed by atoms with Gasteiger partial charge >= 0.3 is 5.97 Å². The standard InChI is InChI=1S/C18H23NO3/c1-2-22-18(21)14-8-15-11-19(12-16(9-14)17(15)20)10-13-6-4-3-5-7-13/h3-7,14-16H,2,8-12H2,1H3. The fraction of sp³-hybridized carbons (Fsp3) is 0.556. The Balaban J connectivity index is 1.64. The van der Waals surface area contributed by atoms with Gasteiger partial charge in [-0.05, 0) is 25.3 Å². The summed E-state index contributed by atoms with van der Waals surface area (Å²) in [6.07, 6.45) is 1.30. The van der Waals surface area contributed by atoms with Crippen molar-refractivity contribution in [1.29, 1.82) is 0 Å². The molecule has 1 heterocycles. The Labute approximate surface area is 131 Å². The lowest BCUT2D eigenvalue weighted by atomic mass is 9.71. The number of fused-ring (bicyclic) bond motifs is 2. The number of benzene rings is 1. The lowest BCUT2D eigenvalue weighted by Gasteiger charge is -2.42. The number of nitrogens with zero attached hydrogens (tertiary/aromatic N) is 1. The van der Waals surface area contributed by atoms with E-state index < -0.39 is 0 Å². The molecule has 1 aliphatic heterocycles. The number of likely N-dealkylation sites (tertiary alicyclic amines) is 1. The van der Waals surface area contributed by atoms with Gasteiger partial charge in [0.2, 0.25) is 0 Å². The molecule has 2 bridgehead atoms. The van der Waals surface area contributed by atoms with Gasteiger partial charge in [-0.15, -0.1) is 0 Å². The first kappa shape index (κ1) is 15.2. The van der Waals surface area contributed by atoms with Crippen LogP contribution in [0, 0.1) is 17.8 Å². The highest BCUT2D eigenvalue weighted by atomic mass is 16.5. The first-order chi connectivity index (χ1) is 10.7. The molecule has 0 aromatic heterocycles. The summed E-state index contributed by atoms with van der Waals surface area (Å²) in [4.78, 5) is 26.7. The molecule has 3 rings (SSSR count). The van der Waals surface area contributed by atoms with E-state index >= 15 is 0 Å². The summed E-state index contributed by atoms with van der Waals surface area (Å²) < 4.78 is 5.14. The molecule has 0 radical (unpaired) electrons. The van der Waals surface area contributed by atoms with E-state index in [0.29, 0.717) is 25.2 Å². The van der Waals surface area contributed by atoms with E-state index in [1.54, 1.807) is 0 Å². The fourth-order valence-corrected chi connectivity index (χ4v) is 3.80. The van der Waals surface area contributed by atoms with Crippen LogP contribution in [0.4, 0.5) is 0 Å². The van der Waals surface area contributed by atoms with Gasteiger partial charge in [0.05, 0.1) is 12.5 Å². The highest BCUT2D eigenvalue weighted by Crippen LogP contribution is 2.36. The van der Waals surface area contributed by atoms with Crippen LogP contribution in [0.25, 0.3) is 0 Å². The van der Waals surface area contributed by atoms with Crippen LogP contribution >= 0.6 is 0 Å². The molecule has 2 atom stereocenters. The van der Waals surface area contributed by atoms with Crippen LogP contribution in [0.15, 0.2) is 30.3 Å². The smallest absolute Gasteiger partial charge is 0.308 e. The van der Waals surface area contributed by atoms with Crippen LogP contribution in [0.2, 0.25) is 0 Å². The minimum absolute atomic E-state index is 0.00869. The molecule has 0 spiro atoms. The largest absolute Gasteiger partial charge is 0.466 e. The molecular weight excluding hydrogens is 278 g/mol. The van der Waals surface area contributed by atoms with Crippen molar-refractivity contribution < 1.29 is 14.3 Å². The third-order valence-corrected chi connectivity index (χ3v) is 4.77. The van der Waals surface area contributed by atoms with Gasteiger partial charge in [-0.3, -0.25) is 14.5 Å². The van der Waals surface area contributed by atoms with Gasteiger partial charge in [0.25, 0.3) is 0 Å². The van der Waals surface area contributed by atoms with E-state index in [4.69, 9.17) is 4.74 Å². The SMILES string of the molecule is CCOC(=O)C1CC2CN(Cc3ccccc3)CC(C1)C2=O. The van der Waals surface area contributed by atoms with Crippen molar-refractivity contribution in [2.75, 3.05) is 19.7 Å². The fourth-order valence-electron chi connectivity index (χ4n) is 3.80. The van der Waals surface area contributed by atoms with Crippen molar-refractivity contribution in [1.82, 2.24) is 4.90 Å². The zero-order valence-corrected chi connectivity index (χ0v) is 13.0. The molecule has 0 amide bonds. The van der Waals surface area contributed by atoms with Crippen molar-refractivity contribution in [2.45, 2.75) is 26.3 Å². The molecule has 4 heteroatoms. The second-order valence-electron chi connectivity index (χ2n) is 6.40. The van der Waals surface area contributed by atoms with Crippen molar-refractivity contribution in [2.24, 2.45) is 17.8 Å². The van der Waals surface area contributed by atoms with Gasteiger partial charge < -0.3 is 4.74 Å². The van der Waals surface area contributed by atoms with Gasteiger partial charge in [-0.1, -0.05) is 30.3 Å². The first-order valence-corrected chi connectivity index (χ1v) is 8.14. The molecule has 1 aliphatic carbocycles. The second-order valence-corrected chi connectivity index (χ2v) is 6.40. The number of hydrogen-bond donors (Lipinski definition) is 0. The number of piperidine rings is 1. The summed E-state index contributed by atoms with van der Waals surface area (Å²) in [6, 6.07) is 10.3. The van der Waals surface area contributed by atoms with E-state index in [-0.39, 0.29) is 23.7 Å². The van der Waals surface area contributed by atoms with Gasteiger partial charge in [-0.25, -0.2) is 0 Å². The summed E-state index contributed by atoms with van der Waals surface area (Å²) in [6.45, 7) is 4.65. The van der Waals surface area contributed by atoms with E-state index in [1.165, 1.54) is 5.56 Å². The molecule has 2 fully saturated rings. The molecule has 2 aliphatic rings. The average molecular weight is 301 g/mol. The number of carbonyl (C=O) groups excluding carboxylic acids is 2. The number of esters is 1. The topological polar surface area (TPSA) is 46.6 Å². The highest BCUT2D eigenvalue weighted by molar-refractivity contribution is 5.87. The summed E-state index contributed by atoms with van der Waals surface area (Å²) in [5.41, 5.74) is 1.27. The molecule has 1 saturated carbocycles. The van der Waals surface area contributed by atoms with Gasteiger partial charge in [0.1, 0.15) is 5.78 Å². The summed E-state index contributed by atoms with van der Waals surface area (Å²) in [5, 5.41) is 0. The number of carbonyl (C=O) groups is 2. The molecule has 4 nitrogen and oxygen atoms in total. The Bertz CT molecular complexity index is 525. The van der Waals surface area contributed by atoms with Crippen molar-refractivity contribution in [3.8, 4) is 0 Å². The Morgan fingerprint density at radius 1 is 1.18 bits per heavy atom. The summed E-state index contributed by atoms with van der Waals surface area (Å²) >= 11 is 0. The van der Waals surface area contributed by atoms with E-state index in [9.17, 15) is 9.59 Å². The predicted octanol–water partition coefficient (Wildman–Crippen LogP) is 2.28. The molecule has 2 unspecified atom stereocenters. The number of ketones is 1. The van der Waals surface area contributed by atoms with E-state index in [0.717, 1.165) is 19.6 Å². The molecule has 0 N–H and O–H groups in total. The second kappa shape index (κ2) is 6.61. The maximum absolute atomic E-state index is 12.4. The Hall–Kier alpha value is -1.68. The number of hydrogen-bond acceptors (Lipinski definition) is 4. The maximum Gasteiger partial charge on any atom is 0.308 e. The van der Waals surface area contributed by atoms with E-state index in [1.807, 2.05) is 25.1 Å². The summed E-state index contributed by atoms with van der Waals surface area (Å²) in [7, 11) is 0. The Morgan fingerprint density at radius 2 is 1.82 bits per heavy atom. The zero-order valence-electron chi connectivity index (χ0n) is 13.0. The van der Waals surface area contributed by atoms with Crippen LogP contribution in [-0.4, -0.2) is 36.3 Å². The summed E-state index contributed by atoms with van der Waals surface area (Å²) in [5.74, 6) is 0.120. The minimum Gasteiger partial charge on any atom is -0.466 e. The minimum atomic E-state index is -0.124. The molecule has 118 valence electrons. The number of ether oxygens (including phenoxy) is 1. The Morgan fingerprint density at radius 3 is 2.41 bits per heavy atom. The van der Waals surface area contributed by atoms with E-state index in [2.05, 4.69) is 17.0 Å². The Kier molecular flexibility index (Phi) is 4.57. The normalized spacial score (nSPS) is 28.4. The molecule has 22 heavy (non-hydrogen) atoms.